The van der Waals surface area contributed by atoms with Gasteiger partial charge in [0, 0.05) is 24.2 Å². The zero-order valence-corrected chi connectivity index (χ0v) is 17.0. The molecule has 0 atom stereocenters. The summed E-state index contributed by atoms with van der Waals surface area (Å²) in [5.41, 5.74) is 3.45. The smallest absolute Gasteiger partial charge is 0.276 e. The first kappa shape index (κ1) is 20.3. The topological polar surface area (TPSA) is 86.0 Å². The minimum atomic E-state index is -0.734. The average molecular weight is 419 g/mol. The standard InChI is InChI=1S/C23H19F2N5O/c1-3-15-8-14(4-5-16(15)11-26)12-27-20-10-21(31)30-23(28-20)22(13(2)29-30)18-7-6-17(24)9-19(18)25/h4-10,27-28H,3,12H2,1-2H3. The fourth-order valence-electron chi connectivity index (χ4n) is 3.62. The van der Waals surface area contributed by atoms with E-state index in [1.165, 1.54) is 12.1 Å². The molecule has 2 aromatic carbocycles. The van der Waals surface area contributed by atoms with Gasteiger partial charge in [0.2, 0.25) is 0 Å². The molecular formula is C23H19F2N5O. The van der Waals surface area contributed by atoms with Crippen molar-refractivity contribution < 1.29 is 8.78 Å². The van der Waals surface area contributed by atoms with E-state index in [0.29, 0.717) is 34.8 Å². The molecule has 0 radical (unpaired) electrons. The monoisotopic (exact) mass is 419 g/mol. The van der Waals surface area contributed by atoms with Crippen LogP contribution < -0.4 is 10.9 Å². The summed E-state index contributed by atoms with van der Waals surface area (Å²) in [6.45, 7) is 4.06. The van der Waals surface area contributed by atoms with Gasteiger partial charge in [-0.2, -0.15) is 14.9 Å². The van der Waals surface area contributed by atoms with E-state index < -0.39 is 11.6 Å². The summed E-state index contributed by atoms with van der Waals surface area (Å²) in [5.74, 6) is -0.981. The Labute approximate surface area is 176 Å². The molecule has 0 bridgehead atoms. The Bertz CT molecular complexity index is 1400. The maximum atomic E-state index is 14.4. The highest BCUT2D eigenvalue weighted by molar-refractivity contribution is 5.80. The van der Waals surface area contributed by atoms with Crippen LogP contribution in [0.15, 0.2) is 47.3 Å². The fourth-order valence-corrected chi connectivity index (χ4v) is 3.62. The van der Waals surface area contributed by atoms with Crippen LogP contribution in [0.25, 0.3) is 16.8 Å². The average Bonchev–Trinajstić information content (AvgIpc) is 3.08. The number of benzene rings is 2. The minimum absolute atomic E-state index is 0.154. The minimum Gasteiger partial charge on any atom is -0.367 e. The lowest BCUT2D eigenvalue weighted by Crippen LogP contribution is -2.16. The molecule has 2 heterocycles. The molecule has 0 aliphatic heterocycles. The van der Waals surface area contributed by atoms with Gasteiger partial charge in [0.05, 0.1) is 22.9 Å². The predicted octanol–water partition coefficient (Wildman–Crippen LogP) is 4.32. The van der Waals surface area contributed by atoms with Crippen molar-refractivity contribution >= 4 is 11.5 Å². The van der Waals surface area contributed by atoms with Crippen LogP contribution in [-0.4, -0.2) is 14.6 Å². The second-order valence-corrected chi connectivity index (χ2v) is 7.18. The highest BCUT2D eigenvalue weighted by Crippen LogP contribution is 2.29. The lowest BCUT2D eigenvalue weighted by Gasteiger charge is -2.10. The molecule has 0 aliphatic carbocycles. The number of H-pyrrole nitrogens is 1. The number of rotatable bonds is 5. The number of fused-ring (bicyclic) bond motifs is 1. The molecule has 4 rings (SSSR count). The zero-order valence-electron chi connectivity index (χ0n) is 17.0. The highest BCUT2D eigenvalue weighted by atomic mass is 19.1. The molecule has 0 amide bonds. The van der Waals surface area contributed by atoms with Gasteiger partial charge in [0.1, 0.15) is 23.1 Å². The van der Waals surface area contributed by atoms with E-state index in [1.807, 2.05) is 19.1 Å². The number of halogens is 2. The van der Waals surface area contributed by atoms with Crippen LogP contribution in [0, 0.1) is 29.9 Å². The van der Waals surface area contributed by atoms with Gasteiger partial charge in [-0.25, -0.2) is 8.78 Å². The number of aryl methyl sites for hydroxylation is 2. The van der Waals surface area contributed by atoms with Crippen molar-refractivity contribution in [2.45, 2.75) is 26.8 Å². The zero-order chi connectivity index (χ0) is 22.1. The molecule has 0 saturated heterocycles. The van der Waals surface area contributed by atoms with Crippen molar-refractivity contribution in [2.24, 2.45) is 0 Å². The van der Waals surface area contributed by atoms with Crippen molar-refractivity contribution in [2.75, 3.05) is 5.32 Å². The molecule has 31 heavy (non-hydrogen) atoms. The second-order valence-electron chi connectivity index (χ2n) is 7.18. The molecule has 156 valence electrons. The Balaban J connectivity index is 1.72. The van der Waals surface area contributed by atoms with Crippen molar-refractivity contribution in [3.8, 4) is 17.2 Å². The van der Waals surface area contributed by atoms with Crippen LogP contribution in [0.3, 0.4) is 0 Å². The lowest BCUT2D eigenvalue weighted by atomic mass is 10.0. The van der Waals surface area contributed by atoms with Crippen molar-refractivity contribution in [3.05, 3.63) is 86.8 Å². The lowest BCUT2D eigenvalue weighted by molar-refractivity contribution is 0.585. The number of nitrogens with zero attached hydrogens (tertiary/aromatic N) is 3. The van der Waals surface area contributed by atoms with E-state index in [9.17, 15) is 18.8 Å². The molecule has 2 N–H and O–H groups in total. The van der Waals surface area contributed by atoms with Gasteiger partial charge in [-0.05, 0) is 42.7 Å². The fraction of sp³-hybridized carbons (Fsp3) is 0.174. The van der Waals surface area contributed by atoms with Crippen molar-refractivity contribution in [3.63, 3.8) is 0 Å². The molecule has 0 aliphatic rings. The van der Waals surface area contributed by atoms with E-state index in [-0.39, 0.29) is 11.1 Å². The van der Waals surface area contributed by atoms with Gasteiger partial charge in [-0.3, -0.25) is 4.79 Å². The summed E-state index contributed by atoms with van der Waals surface area (Å²) in [4.78, 5) is 15.7. The Morgan fingerprint density at radius 3 is 2.71 bits per heavy atom. The number of aromatic amines is 1. The van der Waals surface area contributed by atoms with E-state index in [1.54, 1.807) is 13.0 Å². The van der Waals surface area contributed by atoms with Crippen molar-refractivity contribution in [1.82, 2.24) is 14.6 Å². The second kappa shape index (κ2) is 8.03. The molecule has 0 saturated carbocycles. The SMILES string of the molecule is CCc1cc(CNc2cc(=O)n3nc(C)c(-c4ccc(F)cc4F)c3[nH]2)ccc1C#N. The molecule has 6 nitrogen and oxygen atoms in total. The number of nitriles is 1. The maximum Gasteiger partial charge on any atom is 0.276 e. The van der Waals surface area contributed by atoms with Gasteiger partial charge in [-0.1, -0.05) is 19.1 Å². The first-order chi connectivity index (χ1) is 14.9. The van der Waals surface area contributed by atoms with Crippen LogP contribution >= 0.6 is 0 Å². The summed E-state index contributed by atoms with van der Waals surface area (Å²) in [5, 5.41) is 16.5. The van der Waals surface area contributed by atoms with E-state index in [0.717, 1.165) is 34.2 Å². The van der Waals surface area contributed by atoms with Gasteiger partial charge in [0.25, 0.3) is 5.56 Å². The third-order valence-corrected chi connectivity index (χ3v) is 5.14. The third kappa shape index (κ3) is 3.78. The summed E-state index contributed by atoms with van der Waals surface area (Å²) < 4.78 is 28.9. The van der Waals surface area contributed by atoms with E-state index in [2.05, 4.69) is 21.5 Å². The Morgan fingerprint density at radius 1 is 1.19 bits per heavy atom. The highest BCUT2D eigenvalue weighted by Gasteiger charge is 2.18. The van der Waals surface area contributed by atoms with Crippen LogP contribution in [0.2, 0.25) is 0 Å². The van der Waals surface area contributed by atoms with Gasteiger partial charge in [0.15, 0.2) is 0 Å². The number of anilines is 1. The Hall–Kier alpha value is -3.99. The first-order valence-electron chi connectivity index (χ1n) is 9.75. The maximum absolute atomic E-state index is 14.4. The number of nitrogens with one attached hydrogen (secondary N) is 2. The predicted molar refractivity (Wildman–Crippen MR) is 114 cm³/mol. The largest absolute Gasteiger partial charge is 0.367 e. The van der Waals surface area contributed by atoms with Gasteiger partial charge in [-0.15, -0.1) is 0 Å². The van der Waals surface area contributed by atoms with Crippen LogP contribution in [0.5, 0.6) is 0 Å². The molecule has 8 heteroatoms. The Kier molecular flexibility index (Phi) is 5.26. The summed E-state index contributed by atoms with van der Waals surface area (Å²) >= 11 is 0. The van der Waals surface area contributed by atoms with Crippen LogP contribution in [0.4, 0.5) is 14.6 Å². The number of hydrogen-bond acceptors (Lipinski definition) is 4. The third-order valence-electron chi connectivity index (χ3n) is 5.14. The van der Waals surface area contributed by atoms with Crippen LogP contribution in [-0.2, 0) is 13.0 Å². The van der Waals surface area contributed by atoms with Crippen molar-refractivity contribution in [1.29, 1.82) is 5.26 Å². The quantitative estimate of drug-likeness (QED) is 0.504. The van der Waals surface area contributed by atoms with Gasteiger partial charge >= 0.3 is 0 Å². The summed E-state index contributed by atoms with van der Waals surface area (Å²) in [7, 11) is 0. The molecular weight excluding hydrogens is 400 g/mol. The first-order valence-corrected chi connectivity index (χ1v) is 9.75. The van der Waals surface area contributed by atoms with E-state index >= 15 is 0 Å². The van der Waals surface area contributed by atoms with Crippen LogP contribution in [0.1, 0.15) is 29.3 Å². The molecule has 0 spiro atoms. The van der Waals surface area contributed by atoms with Gasteiger partial charge < -0.3 is 10.3 Å². The van der Waals surface area contributed by atoms with E-state index in [4.69, 9.17) is 0 Å². The molecule has 2 aromatic heterocycles. The Morgan fingerprint density at radius 2 is 2.00 bits per heavy atom. The number of aromatic nitrogens is 3. The molecule has 4 aromatic rings. The normalized spacial score (nSPS) is 10.9. The summed E-state index contributed by atoms with van der Waals surface area (Å²) in [6, 6.07) is 12.4. The molecule has 0 unspecified atom stereocenters. The number of hydrogen-bond donors (Lipinski definition) is 2. The molecule has 0 fully saturated rings. The summed E-state index contributed by atoms with van der Waals surface area (Å²) in [6.07, 6.45) is 0.737.